The van der Waals surface area contributed by atoms with Crippen molar-refractivity contribution in [3.05, 3.63) is 12.2 Å². The van der Waals surface area contributed by atoms with E-state index in [9.17, 15) is 5.11 Å². The standard InChI is InChI=1S/C32H54O/c1-9-23(21(2)3)11-10-22(4)24-14-16-30(8)26-13-12-25-28(5,6)27(33)15-17-31(25)20-32(26,31)19-18-29(24,30)7/h22-27,33H,2,9-20H2,1,3-8H3/t22-,23+,24-,25-,26-,27+,29-,30+,31-,32+/m1/s1. The van der Waals surface area contributed by atoms with Gasteiger partial charge in [0.05, 0.1) is 6.10 Å². The maximum atomic E-state index is 10.9. The first-order valence-corrected chi connectivity index (χ1v) is 14.7. The Balaban J connectivity index is 1.37. The number of aliphatic hydroxyl groups is 1. The fourth-order valence-electron chi connectivity index (χ4n) is 11.8. The summed E-state index contributed by atoms with van der Waals surface area (Å²) in [6, 6.07) is 0. The molecule has 5 rings (SSSR count). The highest BCUT2D eigenvalue weighted by atomic mass is 16.3. The largest absolute Gasteiger partial charge is 0.393 e. The third-order valence-electron chi connectivity index (χ3n) is 14.0. The fraction of sp³-hybridized carbons (Fsp3) is 0.938. The van der Waals surface area contributed by atoms with Crippen LogP contribution in [0.15, 0.2) is 12.2 Å². The molecule has 1 nitrogen and oxygen atoms in total. The first-order chi connectivity index (χ1) is 15.4. The number of allylic oxidation sites excluding steroid dienone is 1. The van der Waals surface area contributed by atoms with E-state index >= 15 is 0 Å². The van der Waals surface area contributed by atoms with Crippen molar-refractivity contribution < 1.29 is 5.11 Å². The average molecular weight is 455 g/mol. The van der Waals surface area contributed by atoms with E-state index in [0.29, 0.717) is 27.6 Å². The van der Waals surface area contributed by atoms with E-state index in [2.05, 4.69) is 55.0 Å². The van der Waals surface area contributed by atoms with Crippen LogP contribution in [-0.2, 0) is 0 Å². The molecular weight excluding hydrogens is 400 g/mol. The number of fused-ring (bicyclic) bond motifs is 2. The molecule has 0 aromatic rings. The van der Waals surface area contributed by atoms with Crippen LogP contribution in [0.1, 0.15) is 126 Å². The second-order valence-electron chi connectivity index (χ2n) is 15.0. The summed E-state index contributed by atoms with van der Waals surface area (Å²) in [5, 5.41) is 10.9. The van der Waals surface area contributed by atoms with Gasteiger partial charge >= 0.3 is 0 Å². The van der Waals surface area contributed by atoms with Gasteiger partial charge in [0.2, 0.25) is 0 Å². The second kappa shape index (κ2) is 7.60. The number of aliphatic hydroxyl groups excluding tert-OH is 1. The van der Waals surface area contributed by atoms with Crippen LogP contribution in [0.25, 0.3) is 0 Å². The Bertz CT molecular complexity index is 796. The maximum absolute atomic E-state index is 10.9. The molecule has 33 heavy (non-hydrogen) atoms. The molecule has 0 aromatic carbocycles. The van der Waals surface area contributed by atoms with Crippen LogP contribution in [0.4, 0.5) is 0 Å². The summed E-state index contributed by atoms with van der Waals surface area (Å²) < 4.78 is 0. The van der Waals surface area contributed by atoms with Crippen molar-refractivity contribution in [1.29, 1.82) is 0 Å². The van der Waals surface area contributed by atoms with Crippen LogP contribution in [0.2, 0.25) is 0 Å². The minimum Gasteiger partial charge on any atom is -0.393 e. The minimum absolute atomic E-state index is 0.0883. The smallest absolute Gasteiger partial charge is 0.0594 e. The lowest BCUT2D eigenvalue weighted by molar-refractivity contribution is -0.161. The Morgan fingerprint density at radius 3 is 2.21 bits per heavy atom. The van der Waals surface area contributed by atoms with Gasteiger partial charge in [0, 0.05) is 0 Å². The van der Waals surface area contributed by atoms with Crippen LogP contribution in [0, 0.1) is 56.7 Å². The molecular formula is C32H54O. The quantitative estimate of drug-likeness (QED) is 0.397. The lowest BCUT2D eigenvalue weighted by Crippen LogP contribution is -2.57. The van der Waals surface area contributed by atoms with Gasteiger partial charge in [0.15, 0.2) is 0 Å². The summed E-state index contributed by atoms with van der Waals surface area (Å²) in [4.78, 5) is 0. The molecule has 5 aliphatic carbocycles. The summed E-state index contributed by atoms with van der Waals surface area (Å²) in [6.07, 6.45) is 16.4. The molecule has 1 N–H and O–H groups in total. The minimum atomic E-state index is -0.0883. The molecule has 0 aromatic heterocycles. The summed E-state index contributed by atoms with van der Waals surface area (Å²) in [6.45, 7) is 21.7. The van der Waals surface area contributed by atoms with E-state index in [4.69, 9.17) is 0 Å². The highest BCUT2D eigenvalue weighted by molar-refractivity contribution is 5.30. The van der Waals surface area contributed by atoms with Crippen molar-refractivity contribution in [2.75, 3.05) is 0 Å². The Kier molecular flexibility index (Phi) is 5.62. The highest BCUT2D eigenvalue weighted by Crippen LogP contribution is 2.89. The van der Waals surface area contributed by atoms with E-state index in [1.54, 1.807) is 0 Å². The topological polar surface area (TPSA) is 20.2 Å². The molecule has 0 heterocycles. The normalized spacial score (nSPS) is 51.5. The second-order valence-corrected chi connectivity index (χ2v) is 15.0. The van der Waals surface area contributed by atoms with Crippen LogP contribution in [-0.4, -0.2) is 11.2 Å². The van der Waals surface area contributed by atoms with Crippen molar-refractivity contribution in [3.8, 4) is 0 Å². The van der Waals surface area contributed by atoms with Crippen molar-refractivity contribution in [2.24, 2.45) is 56.7 Å². The van der Waals surface area contributed by atoms with E-state index in [1.165, 1.54) is 76.2 Å². The maximum Gasteiger partial charge on any atom is 0.0594 e. The Morgan fingerprint density at radius 2 is 1.55 bits per heavy atom. The van der Waals surface area contributed by atoms with Gasteiger partial charge < -0.3 is 5.11 Å². The third kappa shape index (κ3) is 2.99. The lowest BCUT2D eigenvalue weighted by Gasteiger charge is -2.63. The zero-order valence-electron chi connectivity index (χ0n) is 23.1. The fourth-order valence-corrected chi connectivity index (χ4v) is 11.8. The monoisotopic (exact) mass is 454 g/mol. The molecule has 5 fully saturated rings. The molecule has 0 amide bonds. The molecule has 0 radical (unpaired) electrons. The molecule has 10 atom stereocenters. The van der Waals surface area contributed by atoms with Gasteiger partial charge in [-0.3, -0.25) is 0 Å². The Hall–Kier alpha value is -0.300. The summed E-state index contributed by atoms with van der Waals surface area (Å²) in [7, 11) is 0. The van der Waals surface area contributed by atoms with Gasteiger partial charge in [-0.25, -0.2) is 0 Å². The molecule has 1 heteroatoms. The van der Waals surface area contributed by atoms with Crippen LogP contribution < -0.4 is 0 Å². The average Bonchev–Trinajstić information content (AvgIpc) is 3.34. The molecule has 5 saturated carbocycles. The van der Waals surface area contributed by atoms with Crippen molar-refractivity contribution >= 4 is 0 Å². The highest BCUT2D eigenvalue weighted by Gasteiger charge is 2.82. The molecule has 0 saturated heterocycles. The Morgan fingerprint density at radius 1 is 0.879 bits per heavy atom. The van der Waals surface area contributed by atoms with Gasteiger partial charge in [0.1, 0.15) is 0 Å². The summed E-state index contributed by atoms with van der Waals surface area (Å²) >= 11 is 0. The summed E-state index contributed by atoms with van der Waals surface area (Å²) in [5.74, 6) is 4.14. The van der Waals surface area contributed by atoms with E-state index in [-0.39, 0.29) is 11.5 Å². The van der Waals surface area contributed by atoms with E-state index < -0.39 is 0 Å². The first kappa shape index (κ1) is 24.4. The lowest BCUT2D eigenvalue weighted by atomic mass is 9.41. The van der Waals surface area contributed by atoms with Crippen molar-refractivity contribution in [2.45, 2.75) is 132 Å². The van der Waals surface area contributed by atoms with Crippen molar-refractivity contribution in [1.82, 2.24) is 0 Å². The van der Waals surface area contributed by atoms with Crippen LogP contribution in [0.5, 0.6) is 0 Å². The number of rotatable bonds is 6. The summed E-state index contributed by atoms with van der Waals surface area (Å²) in [5.41, 5.74) is 3.74. The van der Waals surface area contributed by atoms with Gasteiger partial charge in [-0.2, -0.15) is 0 Å². The van der Waals surface area contributed by atoms with E-state index in [0.717, 1.165) is 30.1 Å². The SMILES string of the molecule is C=C(C)[C@@H](CC)CC[C@@H](C)[C@H]1CC[C@@]2(C)[C@H]3CC[C@@H]4C(C)(C)[C@@H](O)CC[C@@]45C[C@@]35CC[C@]12C. The predicted molar refractivity (Wildman–Crippen MR) is 140 cm³/mol. The third-order valence-corrected chi connectivity index (χ3v) is 14.0. The van der Waals surface area contributed by atoms with E-state index in [1.807, 2.05) is 0 Å². The van der Waals surface area contributed by atoms with Crippen LogP contribution >= 0.6 is 0 Å². The molecule has 0 unspecified atom stereocenters. The van der Waals surface area contributed by atoms with Crippen molar-refractivity contribution in [3.63, 3.8) is 0 Å². The molecule has 0 bridgehead atoms. The first-order valence-electron chi connectivity index (χ1n) is 14.7. The van der Waals surface area contributed by atoms with Gasteiger partial charge in [0.25, 0.3) is 0 Å². The van der Waals surface area contributed by atoms with Gasteiger partial charge in [-0.05, 0) is 141 Å². The zero-order chi connectivity index (χ0) is 24.0. The molecule has 5 aliphatic rings. The molecule has 2 spiro atoms. The number of hydrogen-bond donors (Lipinski definition) is 1. The van der Waals surface area contributed by atoms with Gasteiger partial charge in [-0.15, -0.1) is 0 Å². The van der Waals surface area contributed by atoms with Crippen LogP contribution in [0.3, 0.4) is 0 Å². The van der Waals surface area contributed by atoms with Gasteiger partial charge in [-0.1, -0.05) is 53.7 Å². The zero-order valence-corrected chi connectivity index (χ0v) is 23.1. The molecule has 188 valence electrons. The predicted octanol–water partition coefficient (Wildman–Crippen LogP) is 8.81. The number of hydrogen-bond acceptors (Lipinski definition) is 1. The molecule has 0 aliphatic heterocycles. The Labute approximate surface area is 205 Å².